The number of aromatic nitrogens is 4. The fraction of sp³-hybridized carbons (Fsp3) is 0.267. The van der Waals surface area contributed by atoms with Gasteiger partial charge in [-0.05, 0) is 66.4 Å². The first-order chi connectivity index (χ1) is 28.7. The van der Waals surface area contributed by atoms with Crippen LogP contribution in [0.4, 0.5) is 0 Å². The second-order valence-electron chi connectivity index (χ2n) is 15.3. The van der Waals surface area contributed by atoms with Crippen LogP contribution in [-0.4, -0.2) is 96.9 Å². The van der Waals surface area contributed by atoms with Crippen LogP contribution < -0.4 is 19.5 Å². The molecule has 0 bridgehead atoms. The first-order valence-electron chi connectivity index (χ1n) is 19.6. The number of rotatable bonds is 9. The van der Waals surface area contributed by atoms with E-state index in [0.717, 1.165) is 45.3 Å². The Hall–Kier alpha value is -7.11. The molecule has 294 valence electrons. The summed E-state index contributed by atoms with van der Waals surface area (Å²) >= 11 is 0. The molecule has 4 amide bonds. The van der Waals surface area contributed by atoms with Gasteiger partial charge in [-0.1, -0.05) is 18.1 Å². The highest BCUT2D eigenvalue weighted by Gasteiger charge is 2.45. The number of nitrogens with one attached hydrogen (secondary N) is 1. The van der Waals surface area contributed by atoms with E-state index in [0.29, 0.717) is 42.7 Å². The first kappa shape index (κ1) is 36.2. The normalized spacial score (nSPS) is 20.4. The third-order valence-electron chi connectivity index (χ3n) is 11.4. The second kappa shape index (κ2) is 14.7. The average molecular weight is 788 g/mol. The monoisotopic (exact) mass is 787 g/mol. The highest BCUT2D eigenvalue weighted by Crippen LogP contribution is 2.34. The molecule has 10 rings (SSSR count). The molecule has 1 saturated carbocycles. The summed E-state index contributed by atoms with van der Waals surface area (Å²) in [4.78, 5) is 66.4. The number of fused-ring (bicyclic) bond motifs is 4. The third kappa shape index (κ3) is 6.89. The quantitative estimate of drug-likeness (QED) is 0.160. The molecule has 0 spiro atoms. The number of carbonyl (C=O) groups is 4. The molecule has 1 aliphatic carbocycles. The molecule has 1 unspecified atom stereocenters. The molecule has 3 aliphatic heterocycles. The van der Waals surface area contributed by atoms with E-state index in [1.165, 1.54) is 5.39 Å². The minimum absolute atomic E-state index is 0.0322. The lowest BCUT2D eigenvalue weighted by Gasteiger charge is -2.37. The van der Waals surface area contributed by atoms with Gasteiger partial charge in [0.05, 0.1) is 29.4 Å². The number of amides is 4. The topological polar surface area (TPSA) is 158 Å². The highest BCUT2D eigenvalue weighted by atomic mass is 16.5. The molecule has 1 atom stereocenters. The second-order valence-corrected chi connectivity index (χ2v) is 15.3. The summed E-state index contributed by atoms with van der Waals surface area (Å²) in [6.45, 7) is 1.84. The molecule has 14 nitrogen and oxygen atoms in total. The van der Waals surface area contributed by atoms with Gasteiger partial charge >= 0.3 is 0 Å². The van der Waals surface area contributed by atoms with Crippen LogP contribution in [0, 0.1) is 11.8 Å². The number of ether oxygens (including phenoxy) is 3. The summed E-state index contributed by atoms with van der Waals surface area (Å²) in [5, 5.41) is 4.53. The number of hydrogen-bond donors (Lipinski definition) is 1. The van der Waals surface area contributed by atoms with E-state index >= 15 is 0 Å². The van der Waals surface area contributed by atoms with Crippen LogP contribution in [0.15, 0.2) is 91.5 Å². The van der Waals surface area contributed by atoms with Gasteiger partial charge in [-0.2, -0.15) is 0 Å². The van der Waals surface area contributed by atoms with Crippen LogP contribution in [0.2, 0.25) is 0 Å². The maximum Gasteiger partial charge on any atom is 0.262 e. The van der Waals surface area contributed by atoms with Crippen LogP contribution in [-0.2, 0) is 16.6 Å². The molecule has 59 heavy (non-hydrogen) atoms. The summed E-state index contributed by atoms with van der Waals surface area (Å²) in [6, 6.07) is 19.9. The van der Waals surface area contributed by atoms with Crippen molar-refractivity contribution in [2.24, 2.45) is 7.05 Å². The largest absolute Gasteiger partial charge is 0.489 e. The lowest BCUT2D eigenvalue weighted by Crippen LogP contribution is -2.54. The molecule has 4 aromatic heterocycles. The number of piperidine rings is 1. The Morgan fingerprint density at radius 3 is 2.34 bits per heavy atom. The highest BCUT2D eigenvalue weighted by molar-refractivity contribution is 6.23. The molecule has 4 aliphatic rings. The van der Waals surface area contributed by atoms with Gasteiger partial charge in [0.25, 0.3) is 11.8 Å². The average Bonchev–Trinajstić information content (AvgIpc) is 3.64. The van der Waals surface area contributed by atoms with Gasteiger partial charge in [0.15, 0.2) is 0 Å². The molecule has 14 heteroatoms. The van der Waals surface area contributed by atoms with E-state index in [1.807, 2.05) is 48.9 Å². The van der Waals surface area contributed by atoms with Gasteiger partial charge < -0.3 is 18.8 Å². The maximum atomic E-state index is 13.1. The van der Waals surface area contributed by atoms with Crippen molar-refractivity contribution in [1.29, 1.82) is 0 Å². The molecular weight excluding hydrogens is 751 g/mol. The smallest absolute Gasteiger partial charge is 0.262 e. The molecule has 1 N–H and O–H groups in total. The Morgan fingerprint density at radius 2 is 1.54 bits per heavy atom. The lowest BCUT2D eigenvalue weighted by atomic mass is 9.92. The summed E-state index contributed by atoms with van der Waals surface area (Å²) in [5.41, 5.74) is 5.47. The minimum Gasteiger partial charge on any atom is -0.489 e. The van der Waals surface area contributed by atoms with E-state index in [1.54, 1.807) is 24.4 Å². The lowest BCUT2D eigenvalue weighted by molar-refractivity contribution is -0.136. The van der Waals surface area contributed by atoms with Crippen molar-refractivity contribution in [3.05, 3.63) is 108 Å². The number of aryl methyl sites for hydroxylation is 1. The number of hydrogen-bond acceptors (Lipinski definition) is 11. The molecule has 2 aromatic carbocycles. The predicted molar refractivity (Wildman–Crippen MR) is 215 cm³/mol. The number of carbonyl (C=O) groups excluding carboxylic acids is 4. The SMILES string of the molecule is Cn1c2ccncc2c2ccc(-c3ccc(O[C@H]4C[C@H](Oc5ccc(C#CCN6CC(Oc7ccc8c(c7)C(=O)N(C7CCC(=O)NC7=O)C8=O)C6)nc5)C4)nc3)cc21. The van der Waals surface area contributed by atoms with Crippen molar-refractivity contribution in [3.8, 4) is 40.3 Å². The van der Waals surface area contributed by atoms with Crippen LogP contribution in [0.5, 0.6) is 17.4 Å². The van der Waals surface area contributed by atoms with Crippen molar-refractivity contribution in [3.63, 3.8) is 0 Å². The fourth-order valence-electron chi connectivity index (χ4n) is 8.14. The van der Waals surface area contributed by atoms with Crippen molar-refractivity contribution in [1.82, 2.24) is 34.6 Å². The van der Waals surface area contributed by atoms with E-state index in [9.17, 15) is 19.2 Å². The zero-order chi connectivity index (χ0) is 40.2. The van der Waals surface area contributed by atoms with Gasteiger partial charge in [0.1, 0.15) is 41.5 Å². The van der Waals surface area contributed by atoms with E-state index in [4.69, 9.17) is 14.2 Å². The number of benzene rings is 2. The van der Waals surface area contributed by atoms with Gasteiger partial charge in [-0.3, -0.25) is 39.3 Å². The summed E-state index contributed by atoms with van der Waals surface area (Å²) in [6.07, 6.45) is 8.94. The van der Waals surface area contributed by atoms with E-state index in [2.05, 4.69) is 66.8 Å². The minimum atomic E-state index is -1.01. The number of imide groups is 2. The van der Waals surface area contributed by atoms with Crippen LogP contribution >= 0.6 is 0 Å². The van der Waals surface area contributed by atoms with Crippen molar-refractivity contribution < 1.29 is 33.4 Å². The molecule has 6 aromatic rings. The van der Waals surface area contributed by atoms with Crippen LogP contribution in [0.1, 0.15) is 52.1 Å². The Morgan fingerprint density at radius 1 is 0.746 bits per heavy atom. The molecule has 2 saturated heterocycles. The Labute approximate surface area is 338 Å². The molecule has 0 radical (unpaired) electrons. The van der Waals surface area contributed by atoms with Crippen LogP contribution in [0.3, 0.4) is 0 Å². The predicted octanol–water partition coefficient (Wildman–Crippen LogP) is 4.69. The molecular formula is C45H37N7O7. The van der Waals surface area contributed by atoms with Crippen molar-refractivity contribution >= 4 is 45.4 Å². The number of nitrogens with zero attached hydrogens (tertiary/aromatic N) is 6. The van der Waals surface area contributed by atoms with Gasteiger partial charge in [0.2, 0.25) is 17.7 Å². The van der Waals surface area contributed by atoms with E-state index in [-0.39, 0.29) is 42.3 Å². The summed E-state index contributed by atoms with van der Waals surface area (Å²) in [7, 11) is 2.08. The van der Waals surface area contributed by atoms with Crippen LogP contribution in [0.25, 0.3) is 32.9 Å². The number of pyridine rings is 3. The van der Waals surface area contributed by atoms with Gasteiger partial charge in [-0.15, -0.1) is 0 Å². The molecule has 3 fully saturated rings. The maximum absolute atomic E-state index is 13.1. The van der Waals surface area contributed by atoms with Gasteiger partial charge in [0, 0.05) is 85.9 Å². The summed E-state index contributed by atoms with van der Waals surface area (Å²) < 4.78 is 20.5. The Kier molecular flexibility index (Phi) is 9.02. The Bertz CT molecular complexity index is 2740. The summed E-state index contributed by atoms with van der Waals surface area (Å²) in [5.74, 6) is 5.85. The fourth-order valence-corrected chi connectivity index (χ4v) is 8.14. The standard InChI is InChI=1S/C45H37N7O7/c1-50-38-14-15-46-23-37(38)34-9-4-26(17-40(34)50)27-5-13-42(48-21-27)59-32-18-31(19-32)58-30-7-6-28(47-22-30)3-2-16-51-24-33(25-51)57-29-8-10-35-36(20-29)45(56)52(44(35)55)39-11-12-41(53)49-43(39)54/h4-10,13-15,17,20-23,31-33,39H,11-12,16,18-19,24-25H2,1H3,(H,49,53,54)/t31-,32-,39?. The van der Waals surface area contributed by atoms with Crippen molar-refractivity contribution in [2.75, 3.05) is 19.6 Å². The van der Waals surface area contributed by atoms with Crippen molar-refractivity contribution in [2.45, 2.75) is 50.0 Å². The zero-order valence-corrected chi connectivity index (χ0v) is 32.0. The third-order valence-corrected chi connectivity index (χ3v) is 11.4. The Balaban J connectivity index is 0.654. The molecule has 7 heterocycles. The number of likely N-dealkylation sites (tertiary alicyclic amines) is 1. The first-order valence-corrected chi connectivity index (χ1v) is 19.6. The van der Waals surface area contributed by atoms with Gasteiger partial charge in [-0.25, -0.2) is 9.97 Å². The van der Waals surface area contributed by atoms with E-state index < -0.39 is 29.7 Å². The zero-order valence-electron chi connectivity index (χ0n) is 32.0.